The fourth-order valence-corrected chi connectivity index (χ4v) is 3.20. The Kier molecular flexibility index (Phi) is 6.34. The zero-order chi connectivity index (χ0) is 15.3. The van der Waals surface area contributed by atoms with Crippen LogP contribution in [0.1, 0.15) is 13.8 Å². The average Bonchev–Trinajstić information content (AvgIpc) is 2.38. The van der Waals surface area contributed by atoms with Crippen LogP contribution in [0.4, 0.5) is 5.82 Å². The van der Waals surface area contributed by atoms with E-state index in [9.17, 15) is 8.42 Å². The summed E-state index contributed by atoms with van der Waals surface area (Å²) < 4.78 is 32.0. The molecule has 9 heteroatoms. The highest BCUT2D eigenvalue weighted by atomic mass is 79.9. The van der Waals surface area contributed by atoms with Crippen molar-refractivity contribution in [2.24, 2.45) is 5.84 Å². The first-order valence-corrected chi connectivity index (χ1v) is 8.22. The monoisotopic (exact) mass is 366 g/mol. The van der Waals surface area contributed by atoms with Crippen molar-refractivity contribution in [2.75, 3.05) is 25.6 Å². The summed E-state index contributed by atoms with van der Waals surface area (Å²) in [4.78, 5) is 3.95. The summed E-state index contributed by atoms with van der Waals surface area (Å²) in [6, 6.07) is 1.46. The van der Waals surface area contributed by atoms with Gasteiger partial charge in [0.15, 0.2) is 5.82 Å². The molecule has 0 unspecified atom stereocenters. The molecule has 1 aromatic heterocycles. The number of hydrogen-bond donors (Lipinski definition) is 2. The first-order valence-electron chi connectivity index (χ1n) is 5.99. The second kappa shape index (κ2) is 7.32. The SMILES string of the molecule is CC(C)OCCN(C)S(=O)(=O)c1cc(Br)cnc1NN. The summed E-state index contributed by atoms with van der Waals surface area (Å²) in [6.07, 6.45) is 1.52. The van der Waals surface area contributed by atoms with Gasteiger partial charge < -0.3 is 10.2 Å². The van der Waals surface area contributed by atoms with Crippen LogP contribution in [0, 0.1) is 0 Å². The molecule has 0 spiro atoms. The van der Waals surface area contributed by atoms with Crippen LogP contribution in [-0.2, 0) is 14.8 Å². The molecule has 3 N–H and O–H groups in total. The Balaban J connectivity index is 2.95. The number of likely N-dealkylation sites (N-methyl/N-ethyl adjacent to an activating group) is 1. The van der Waals surface area contributed by atoms with Gasteiger partial charge in [-0.05, 0) is 35.8 Å². The van der Waals surface area contributed by atoms with Gasteiger partial charge >= 0.3 is 0 Å². The molecule has 0 saturated heterocycles. The third-order valence-corrected chi connectivity index (χ3v) is 4.81. The van der Waals surface area contributed by atoms with Crippen LogP contribution >= 0.6 is 15.9 Å². The number of aromatic nitrogens is 1. The molecule has 0 atom stereocenters. The number of hydrogen-bond acceptors (Lipinski definition) is 6. The second-order valence-electron chi connectivity index (χ2n) is 4.39. The molecule has 1 rings (SSSR count). The summed E-state index contributed by atoms with van der Waals surface area (Å²) in [5.41, 5.74) is 2.29. The second-order valence-corrected chi connectivity index (χ2v) is 7.32. The van der Waals surface area contributed by atoms with E-state index in [4.69, 9.17) is 10.6 Å². The minimum Gasteiger partial charge on any atom is -0.377 e. The van der Waals surface area contributed by atoms with Crippen LogP contribution < -0.4 is 11.3 Å². The standard InChI is InChI=1S/C11H19BrN4O3S/c1-8(2)19-5-4-16(3)20(17,18)10-6-9(12)7-14-11(10)15-13/h6-8H,4-5,13H2,1-3H3,(H,14,15). The molecule has 0 radical (unpaired) electrons. The number of nitrogens with one attached hydrogen (secondary N) is 1. The lowest BCUT2D eigenvalue weighted by Gasteiger charge is -2.19. The van der Waals surface area contributed by atoms with E-state index >= 15 is 0 Å². The number of nitrogens with two attached hydrogens (primary N) is 1. The molecule has 1 heterocycles. The Hall–Kier alpha value is -0.740. The van der Waals surface area contributed by atoms with E-state index in [1.165, 1.54) is 23.6 Å². The number of rotatable bonds is 7. The van der Waals surface area contributed by atoms with Gasteiger partial charge in [0.05, 0.1) is 12.7 Å². The van der Waals surface area contributed by atoms with Gasteiger partial charge in [-0.2, -0.15) is 4.31 Å². The van der Waals surface area contributed by atoms with Gasteiger partial charge in [-0.15, -0.1) is 0 Å². The van der Waals surface area contributed by atoms with Gasteiger partial charge in [0, 0.05) is 24.3 Å². The van der Waals surface area contributed by atoms with Crippen LogP contribution in [0.5, 0.6) is 0 Å². The maximum absolute atomic E-state index is 12.5. The van der Waals surface area contributed by atoms with E-state index in [2.05, 4.69) is 26.3 Å². The van der Waals surface area contributed by atoms with Crippen molar-refractivity contribution in [1.29, 1.82) is 0 Å². The number of hydrazine groups is 1. The van der Waals surface area contributed by atoms with Gasteiger partial charge in [-0.1, -0.05) is 0 Å². The maximum Gasteiger partial charge on any atom is 0.246 e. The smallest absolute Gasteiger partial charge is 0.246 e. The number of nitrogens with zero attached hydrogens (tertiary/aromatic N) is 2. The molecule has 0 aliphatic carbocycles. The van der Waals surface area contributed by atoms with E-state index in [-0.39, 0.29) is 23.4 Å². The minimum absolute atomic E-state index is 0.0152. The van der Waals surface area contributed by atoms with Crippen molar-refractivity contribution in [3.8, 4) is 0 Å². The predicted octanol–water partition coefficient (Wildman–Crippen LogP) is 1.18. The Labute approximate surface area is 127 Å². The van der Waals surface area contributed by atoms with Crippen molar-refractivity contribution in [1.82, 2.24) is 9.29 Å². The van der Waals surface area contributed by atoms with Crippen LogP contribution in [0.3, 0.4) is 0 Å². The van der Waals surface area contributed by atoms with E-state index in [1.807, 2.05) is 13.8 Å². The lowest BCUT2D eigenvalue weighted by Crippen LogP contribution is -2.32. The van der Waals surface area contributed by atoms with Gasteiger partial charge in [0.2, 0.25) is 10.0 Å². The normalized spacial score (nSPS) is 12.2. The Morgan fingerprint density at radius 1 is 1.55 bits per heavy atom. The highest BCUT2D eigenvalue weighted by Gasteiger charge is 2.25. The summed E-state index contributed by atoms with van der Waals surface area (Å²) >= 11 is 3.20. The third kappa shape index (κ3) is 4.38. The lowest BCUT2D eigenvalue weighted by molar-refractivity contribution is 0.0737. The molecule has 1 aromatic rings. The Bertz CT molecular complexity index is 551. The van der Waals surface area contributed by atoms with Crippen LogP contribution in [-0.4, -0.2) is 44.0 Å². The summed E-state index contributed by atoms with van der Waals surface area (Å²) in [6.45, 7) is 4.35. The molecule has 0 aliphatic heterocycles. The van der Waals surface area contributed by atoms with Gasteiger partial charge in [-0.25, -0.2) is 19.2 Å². The average molecular weight is 367 g/mol. The number of sulfonamides is 1. The summed E-state index contributed by atoms with van der Waals surface area (Å²) in [7, 11) is -2.20. The minimum atomic E-state index is -3.68. The quantitative estimate of drug-likeness (QED) is 0.555. The fourth-order valence-electron chi connectivity index (χ4n) is 1.43. The molecule has 0 saturated carbocycles. The van der Waals surface area contributed by atoms with E-state index < -0.39 is 10.0 Å². The molecular weight excluding hydrogens is 348 g/mol. The summed E-state index contributed by atoms with van der Waals surface area (Å²) in [5.74, 6) is 5.40. The van der Waals surface area contributed by atoms with Crippen molar-refractivity contribution >= 4 is 31.8 Å². The predicted molar refractivity (Wildman–Crippen MR) is 80.7 cm³/mol. The molecule has 0 bridgehead atoms. The fraction of sp³-hybridized carbons (Fsp3) is 0.545. The number of halogens is 1. The molecule has 20 heavy (non-hydrogen) atoms. The largest absolute Gasteiger partial charge is 0.377 e. The zero-order valence-corrected chi connectivity index (χ0v) is 14.0. The van der Waals surface area contributed by atoms with E-state index in [0.717, 1.165) is 0 Å². The molecule has 0 aromatic carbocycles. The van der Waals surface area contributed by atoms with Crippen molar-refractivity contribution in [3.63, 3.8) is 0 Å². The zero-order valence-electron chi connectivity index (χ0n) is 11.6. The third-order valence-electron chi connectivity index (χ3n) is 2.50. The summed E-state index contributed by atoms with van der Waals surface area (Å²) in [5, 5.41) is 0. The van der Waals surface area contributed by atoms with Gasteiger partial charge in [-0.3, -0.25) is 0 Å². The van der Waals surface area contributed by atoms with Crippen molar-refractivity contribution < 1.29 is 13.2 Å². The highest BCUT2D eigenvalue weighted by molar-refractivity contribution is 9.10. The number of anilines is 1. The van der Waals surface area contributed by atoms with Crippen LogP contribution in [0.2, 0.25) is 0 Å². The van der Waals surface area contributed by atoms with Crippen molar-refractivity contribution in [3.05, 3.63) is 16.7 Å². The lowest BCUT2D eigenvalue weighted by atomic mass is 10.5. The Morgan fingerprint density at radius 3 is 2.75 bits per heavy atom. The van der Waals surface area contributed by atoms with Crippen LogP contribution in [0.15, 0.2) is 21.6 Å². The number of nitrogen functional groups attached to an aromatic ring is 1. The maximum atomic E-state index is 12.5. The van der Waals surface area contributed by atoms with E-state index in [0.29, 0.717) is 11.1 Å². The number of ether oxygens (including phenoxy) is 1. The molecular formula is C11H19BrN4O3S. The molecule has 0 aliphatic rings. The first kappa shape index (κ1) is 17.3. The highest BCUT2D eigenvalue weighted by Crippen LogP contribution is 2.24. The molecule has 0 fully saturated rings. The Morgan fingerprint density at radius 2 is 2.20 bits per heavy atom. The van der Waals surface area contributed by atoms with Crippen molar-refractivity contribution in [2.45, 2.75) is 24.8 Å². The van der Waals surface area contributed by atoms with Gasteiger partial charge in [0.1, 0.15) is 4.90 Å². The van der Waals surface area contributed by atoms with Gasteiger partial charge in [0.25, 0.3) is 0 Å². The topological polar surface area (TPSA) is 97.5 Å². The molecule has 7 nitrogen and oxygen atoms in total. The van der Waals surface area contributed by atoms with Crippen LogP contribution in [0.25, 0.3) is 0 Å². The first-order chi connectivity index (χ1) is 9.28. The molecule has 0 amide bonds. The molecule has 114 valence electrons. The number of pyridine rings is 1. The van der Waals surface area contributed by atoms with E-state index in [1.54, 1.807) is 0 Å².